The Bertz CT molecular complexity index is 933. The topological polar surface area (TPSA) is 62.1 Å². The first-order chi connectivity index (χ1) is 12.1. The molecular formula is C17H20N6S2. The van der Waals surface area contributed by atoms with Gasteiger partial charge < -0.3 is 4.90 Å². The second-order valence-corrected chi connectivity index (χ2v) is 6.87. The largest absolute Gasteiger partial charge is 0.349 e. The number of benzene rings is 1. The Balaban J connectivity index is 1.92. The van der Waals surface area contributed by atoms with Gasteiger partial charge in [0, 0.05) is 24.8 Å². The monoisotopic (exact) mass is 372 g/mol. The summed E-state index contributed by atoms with van der Waals surface area (Å²) in [6.45, 7) is 8.16. The van der Waals surface area contributed by atoms with Crippen molar-refractivity contribution in [2.75, 3.05) is 18.0 Å². The number of nitrogens with zero attached hydrogens (tertiary/aromatic N) is 5. The quantitative estimate of drug-likeness (QED) is 0.523. The molecule has 25 heavy (non-hydrogen) atoms. The van der Waals surface area contributed by atoms with Gasteiger partial charge in [-0.15, -0.1) is 0 Å². The van der Waals surface area contributed by atoms with E-state index in [0.717, 1.165) is 34.2 Å². The molecule has 6 nitrogen and oxygen atoms in total. The molecule has 0 aliphatic rings. The Morgan fingerprint density at radius 3 is 2.80 bits per heavy atom. The van der Waals surface area contributed by atoms with Crippen LogP contribution in [-0.4, -0.2) is 39.2 Å². The van der Waals surface area contributed by atoms with E-state index in [1.807, 2.05) is 37.4 Å². The van der Waals surface area contributed by atoms with E-state index in [1.54, 1.807) is 22.2 Å². The van der Waals surface area contributed by atoms with Crippen LogP contribution in [0, 0.1) is 11.7 Å². The summed E-state index contributed by atoms with van der Waals surface area (Å²) in [6.07, 6.45) is 3.61. The summed E-state index contributed by atoms with van der Waals surface area (Å²) in [7, 11) is 0. The third kappa shape index (κ3) is 3.69. The summed E-state index contributed by atoms with van der Waals surface area (Å²) in [5, 5.41) is 12.7. The highest BCUT2D eigenvalue weighted by atomic mass is 32.1. The van der Waals surface area contributed by atoms with Gasteiger partial charge in [-0.25, -0.2) is 10.1 Å². The zero-order valence-electron chi connectivity index (χ0n) is 14.4. The molecule has 2 aromatic heterocycles. The van der Waals surface area contributed by atoms with E-state index in [2.05, 4.69) is 39.0 Å². The van der Waals surface area contributed by atoms with Crippen molar-refractivity contribution in [1.82, 2.24) is 19.9 Å². The average Bonchev–Trinajstić information content (AvgIpc) is 3.22. The van der Waals surface area contributed by atoms with Crippen LogP contribution in [0.3, 0.4) is 0 Å². The van der Waals surface area contributed by atoms with Gasteiger partial charge in [0.15, 0.2) is 11.0 Å². The Kier molecular flexibility index (Phi) is 5.40. The molecule has 0 saturated heterocycles. The zero-order chi connectivity index (χ0) is 17.8. The molecule has 0 fully saturated rings. The fourth-order valence-electron chi connectivity index (χ4n) is 2.49. The van der Waals surface area contributed by atoms with E-state index in [4.69, 9.17) is 12.2 Å². The summed E-state index contributed by atoms with van der Waals surface area (Å²) in [5.74, 6) is 0.702. The predicted octanol–water partition coefficient (Wildman–Crippen LogP) is 4.10. The normalized spacial score (nSPS) is 11.3. The minimum absolute atomic E-state index is 0.461. The average molecular weight is 373 g/mol. The lowest BCUT2D eigenvalue weighted by atomic mass is 10.1. The zero-order valence-corrected chi connectivity index (χ0v) is 16.1. The van der Waals surface area contributed by atoms with E-state index in [0.29, 0.717) is 10.6 Å². The van der Waals surface area contributed by atoms with E-state index in [-0.39, 0.29) is 0 Å². The Hall–Kier alpha value is -2.32. The highest BCUT2D eigenvalue weighted by molar-refractivity contribution is 7.71. The van der Waals surface area contributed by atoms with Crippen LogP contribution < -0.4 is 4.90 Å². The highest BCUT2D eigenvalue weighted by Gasteiger charge is 2.11. The van der Waals surface area contributed by atoms with Crippen LogP contribution in [0.15, 0.2) is 35.6 Å². The summed E-state index contributed by atoms with van der Waals surface area (Å²) in [6, 6.07) is 8.03. The SMILES string of the molecule is CCN(CC)c1ncc(/C=N/n2c(-c3ccccc3C)n[nH]c2=S)s1. The van der Waals surface area contributed by atoms with Crippen LogP contribution in [0.5, 0.6) is 0 Å². The number of aromatic nitrogens is 4. The van der Waals surface area contributed by atoms with Crippen molar-refractivity contribution in [2.45, 2.75) is 20.8 Å². The number of aryl methyl sites for hydroxylation is 1. The fourth-order valence-corrected chi connectivity index (χ4v) is 3.58. The molecule has 1 N–H and O–H groups in total. The van der Waals surface area contributed by atoms with Crippen molar-refractivity contribution in [3.63, 3.8) is 0 Å². The highest BCUT2D eigenvalue weighted by Crippen LogP contribution is 2.23. The molecule has 0 bridgehead atoms. The molecule has 0 radical (unpaired) electrons. The van der Waals surface area contributed by atoms with Gasteiger partial charge in [0.2, 0.25) is 4.77 Å². The van der Waals surface area contributed by atoms with Gasteiger partial charge in [-0.05, 0) is 38.6 Å². The van der Waals surface area contributed by atoms with Crippen LogP contribution in [0.4, 0.5) is 5.13 Å². The van der Waals surface area contributed by atoms with Crippen LogP contribution in [-0.2, 0) is 0 Å². The van der Waals surface area contributed by atoms with Gasteiger partial charge in [0.05, 0.1) is 11.1 Å². The third-order valence-corrected chi connectivity index (χ3v) is 5.14. The van der Waals surface area contributed by atoms with Crippen LogP contribution in [0.25, 0.3) is 11.4 Å². The number of nitrogens with one attached hydrogen (secondary N) is 1. The Morgan fingerprint density at radius 1 is 1.32 bits per heavy atom. The summed E-state index contributed by atoms with van der Waals surface area (Å²) in [4.78, 5) is 7.66. The van der Waals surface area contributed by atoms with Crippen molar-refractivity contribution in [2.24, 2.45) is 5.10 Å². The molecule has 0 unspecified atom stereocenters. The molecule has 0 saturated carbocycles. The molecule has 0 atom stereocenters. The number of H-pyrrole nitrogens is 1. The lowest BCUT2D eigenvalue weighted by Crippen LogP contribution is -2.21. The Morgan fingerprint density at radius 2 is 2.08 bits per heavy atom. The van der Waals surface area contributed by atoms with Crippen LogP contribution in [0.2, 0.25) is 0 Å². The minimum Gasteiger partial charge on any atom is -0.349 e. The van der Waals surface area contributed by atoms with Gasteiger partial charge in [-0.3, -0.25) is 0 Å². The molecule has 0 spiro atoms. The lowest BCUT2D eigenvalue weighted by molar-refractivity contribution is 0.860. The van der Waals surface area contributed by atoms with Gasteiger partial charge in [-0.2, -0.15) is 14.9 Å². The van der Waals surface area contributed by atoms with Crippen LogP contribution >= 0.6 is 23.6 Å². The van der Waals surface area contributed by atoms with Crippen molar-refractivity contribution >= 4 is 34.9 Å². The van der Waals surface area contributed by atoms with Gasteiger partial charge >= 0.3 is 0 Å². The third-order valence-electron chi connectivity index (χ3n) is 3.88. The molecular weight excluding hydrogens is 352 g/mol. The number of anilines is 1. The second-order valence-electron chi connectivity index (χ2n) is 5.44. The first-order valence-electron chi connectivity index (χ1n) is 8.12. The summed E-state index contributed by atoms with van der Waals surface area (Å²) < 4.78 is 2.11. The van der Waals surface area contributed by atoms with E-state index < -0.39 is 0 Å². The lowest BCUT2D eigenvalue weighted by Gasteiger charge is -2.16. The maximum atomic E-state index is 5.33. The number of aromatic amines is 1. The van der Waals surface area contributed by atoms with E-state index in [1.165, 1.54) is 0 Å². The van der Waals surface area contributed by atoms with E-state index in [9.17, 15) is 0 Å². The van der Waals surface area contributed by atoms with E-state index >= 15 is 0 Å². The molecule has 3 aromatic rings. The molecule has 2 heterocycles. The van der Waals surface area contributed by atoms with Crippen molar-refractivity contribution in [1.29, 1.82) is 0 Å². The number of hydrogen-bond donors (Lipinski definition) is 1. The van der Waals surface area contributed by atoms with Gasteiger partial charge in [-0.1, -0.05) is 35.6 Å². The summed E-state index contributed by atoms with van der Waals surface area (Å²) >= 11 is 6.94. The number of rotatable bonds is 6. The smallest absolute Gasteiger partial charge is 0.216 e. The molecule has 0 amide bonds. The van der Waals surface area contributed by atoms with Gasteiger partial charge in [0.25, 0.3) is 0 Å². The molecule has 0 aliphatic heterocycles. The second kappa shape index (κ2) is 7.71. The number of thiazole rings is 1. The Labute approximate surface area is 155 Å². The number of hydrogen-bond acceptors (Lipinski definition) is 6. The fraction of sp³-hybridized carbons (Fsp3) is 0.294. The van der Waals surface area contributed by atoms with Crippen LogP contribution in [0.1, 0.15) is 24.3 Å². The molecule has 3 rings (SSSR count). The standard InChI is InChI=1S/C17H20N6S2/c1-4-22(5-2)17-18-10-13(25-17)11-19-23-15(20-21-16(23)24)14-9-7-6-8-12(14)3/h6-11H,4-5H2,1-3H3,(H,21,24)/b19-11+. The molecule has 0 aliphatic carbocycles. The first-order valence-corrected chi connectivity index (χ1v) is 9.35. The van der Waals surface area contributed by atoms with Gasteiger partial charge in [0.1, 0.15) is 0 Å². The van der Waals surface area contributed by atoms with Crippen molar-refractivity contribution < 1.29 is 0 Å². The summed E-state index contributed by atoms with van der Waals surface area (Å²) in [5.41, 5.74) is 2.12. The minimum atomic E-state index is 0.461. The van der Waals surface area contributed by atoms with Crippen molar-refractivity contribution in [3.8, 4) is 11.4 Å². The van der Waals surface area contributed by atoms with Crippen molar-refractivity contribution in [3.05, 3.63) is 45.7 Å². The maximum Gasteiger partial charge on any atom is 0.216 e. The predicted molar refractivity (Wildman–Crippen MR) is 106 cm³/mol. The molecule has 1 aromatic carbocycles. The molecule has 8 heteroatoms. The first kappa shape index (κ1) is 17.5. The maximum absolute atomic E-state index is 5.33. The molecule has 130 valence electrons.